The molecule has 8 nitrogen and oxygen atoms in total. The maximum absolute atomic E-state index is 4.58. The minimum Gasteiger partial charge on any atom is -0.351 e. The molecule has 2 aromatic rings. The first-order chi connectivity index (χ1) is 11.7. The number of nitrogens with zero attached hydrogens (tertiary/aromatic N) is 7. The van der Waals surface area contributed by atoms with E-state index in [0.717, 1.165) is 61.8 Å². The van der Waals surface area contributed by atoms with Crippen molar-refractivity contribution in [3.63, 3.8) is 0 Å². The highest BCUT2D eigenvalue weighted by molar-refractivity contribution is 14.0. The molecule has 0 saturated carbocycles. The summed E-state index contributed by atoms with van der Waals surface area (Å²) < 4.78 is 6.25. The van der Waals surface area contributed by atoms with Gasteiger partial charge < -0.3 is 15.1 Å². The lowest BCUT2D eigenvalue weighted by Crippen LogP contribution is -2.52. The van der Waals surface area contributed by atoms with Crippen LogP contribution in [0.5, 0.6) is 0 Å². The standard InChI is InChI=1S/C15H24N8S.HI/c1-4-13-19-15(24-20-13)23-9-7-22(8-10-23)14(16-2)17-11-12-5-6-18-21(12)3;/h5-6H,4,7-11H2,1-3H3,(H,16,17);1H. The van der Waals surface area contributed by atoms with Crippen molar-refractivity contribution < 1.29 is 0 Å². The van der Waals surface area contributed by atoms with Gasteiger partial charge in [0.25, 0.3) is 0 Å². The minimum absolute atomic E-state index is 0. The summed E-state index contributed by atoms with van der Waals surface area (Å²) in [5, 5.41) is 8.64. The Hall–Kier alpha value is -1.43. The summed E-state index contributed by atoms with van der Waals surface area (Å²) in [7, 11) is 3.78. The lowest BCUT2D eigenvalue weighted by atomic mass is 10.3. The zero-order valence-corrected chi connectivity index (χ0v) is 18.0. The zero-order valence-electron chi connectivity index (χ0n) is 14.8. The molecular weight excluding hydrogens is 451 g/mol. The molecule has 1 fully saturated rings. The van der Waals surface area contributed by atoms with E-state index in [-0.39, 0.29) is 24.0 Å². The van der Waals surface area contributed by atoms with Crippen molar-refractivity contribution in [3.8, 4) is 0 Å². The van der Waals surface area contributed by atoms with Gasteiger partial charge in [-0.3, -0.25) is 9.67 Å². The van der Waals surface area contributed by atoms with Crippen LogP contribution in [0, 0.1) is 0 Å². The summed E-state index contributed by atoms with van der Waals surface area (Å²) in [6.07, 6.45) is 2.70. The van der Waals surface area contributed by atoms with Crippen LogP contribution in [-0.2, 0) is 20.0 Å². The molecule has 0 atom stereocenters. The minimum atomic E-state index is 0. The smallest absolute Gasteiger partial charge is 0.205 e. The van der Waals surface area contributed by atoms with E-state index in [1.807, 2.05) is 31.0 Å². The van der Waals surface area contributed by atoms with Crippen molar-refractivity contribution in [1.82, 2.24) is 29.4 Å². The van der Waals surface area contributed by atoms with E-state index in [9.17, 15) is 0 Å². The van der Waals surface area contributed by atoms with Crippen LogP contribution in [-0.4, -0.2) is 63.2 Å². The number of aryl methyl sites for hydroxylation is 2. The van der Waals surface area contributed by atoms with Gasteiger partial charge in [0.2, 0.25) is 5.13 Å². The fourth-order valence-electron chi connectivity index (χ4n) is 2.70. The topological polar surface area (TPSA) is 74.5 Å². The number of nitrogens with one attached hydrogen (secondary N) is 1. The average molecular weight is 476 g/mol. The summed E-state index contributed by atoms with van der Waals surface area (Å²) in [5.74, 6) is 1.87. The molecule has 3 heterocycles. The number of aromatic nitrogens is 4. The fraction of sp³-hybridized carbons (Fsp3) is 0.600. The molecule has 0 unspecified atom stereocenters. The number of halogens is 1. The molecule has 25 heavy (non-hydrogen) atoms. The van der Waals surface area contributed by atoms with E-state index in [4.69, 9.17) is 0 Å². The molecular formula is C15H25IN8S. The van der Waals surface area contributed by atoms with Gasteiger partial charge >= 0.3 is 0 Å². The molecule has 0 aliphatic carbocycles. The first kappa shape index (κ1) is 19.9. The van der Waals surface area contributed by atoms with Gasteiger partial charge in [-0.05, 0) is 6.07 Å². The molecule has 1 aliphatic heterocycles. The predicted octanol–water partition coefficient (Wildman–Crippen LogP) is 1.35. The van der Waals surface area contributed by atoms with Crippen LogP contribution in [0.4, 0.5) is 5.13 Å². The second-order valence-corrected chi connectivity index (χ2v) is 6.40. The summed E-state index contributed by atoms with van der Waals surface area (Å²) >= 11 is 1.50. The van der Waals surface area contributed by atoms with Gasteiger partial charge in [-0.1, -0.05) is 6.92 Å². The summed E-state index contributed by atoms with van der Waals surface area (Å²) in [6.45, 7) is 6.52. The molecule has 1 saturated heterocycles. The molecule has 0 aromatic carbocycles. The largest absolute Gasteiger partial charge is 0.351 e. The Morgan fingerprint density at radius 3 is 2.64 bits per heavy atom. The Kier molecular flexibility index (Phi) is 7.41. The molecule has 0 bridgehead atoms. The molecule has 10 heteroatoms. The molecule has 0 amide bonds. The molecule has 1 N–H and O–H groups in total. The highest BCUT2D eigenvalue weighted by atomic mass is 127. The van der Waals surface area contributed by atoms with Gasteiger partial charge in [-0.25, -0.2) is 4.98 Å². The monoisotopic (exact) mass is 476 g/mol. The van der Waals surface area contributed by atoms with E-state index < -0.39 is 0 Å². The van der Waals surface area contributed by atoms with Crippen molar-refractivity contribution in [1.29, 1.82) is 0 Å². The third-order valence-corrected chi connectivity index (χ3v) is 5.00. The predicted molar refractivity (Wildman–Crippen MR) is 112 cm³/mol. The van der Waals surface area contributed by atoms with Gasteiger partial charge in [0.05, 0.1) is 12.2 Å². The van der Waals surface area contributed by atoms with Crippen LogP contribution in [0.2, 0.25) is 0 Å². The lowest BCUT2D eigenvalue weighted by molar-refractivity contribution is 0.371. The second kappa shape index (κ2) is 9.32. The number of rotatable bonds is 4. The number of aliphatic imine (C=N–C) groups is 1. The van der Waals surface area contributed by atoms with Crippen molar-refractivity contribution in [2.45, 2.75) is 19.9 Å². The van der Waals surface area contributed by atoms with Crippen LogP contribution in [0.1, 0.15) is 18.4 Å². The Morgan fingerprint density at radius 2 is 2.08 bits per heavy atom. The van der Waals surface area contributed by atoms with E-state index >= 15 is 0 Å². The molecule has 0 radical (unpaired) electrons. The first-order valence-corrected chi connectivity index (χ1v) is 8.98. The van der Waals surface area contributed by atoms with Crippen molar-refractivity contribution in [3.05, 3.63) is 23.8 Å². The lowest BCUT2D eigenvalue weighted by Gasteiger charge is -2.36. The quantitative estimate of drug-likeness (QED) is 0.408. The Bertz CT molecular complexity index is 689. The molecule has 3 rings (SSSR count). The molecule has 1 aliphatic rings. The Balaban J connectivity index is 0.00000225. The van der Waals surface area contributed by atoms with E-state index in [1.54, 1.807) is 0 Å². The maximum atomic E-state index is 4.58. The number of guanidine groups is 1. The number of anilines is 1. The van der Waals surface area contributed by atoms with Gasteiger partial charge in [0, 0.05) is 64.4 Å². The fourth-order valence-corrected chi connectivity index (χ4v) is 3.50. The van der Waals surface area contributed by atoms with Crippen LogP contribution < -0.4 is 10.2 Å². The van der Waals surface area contributed by atoms with Crippen LogP contribution in [0.3, 0.4) is 0 Å². The third kappa shape index (κ3) is 4.81. The van der Waals surface area contributed by atoms with E-state index in [0.29, 0.717) is 0 Å². The van der Waals surface area contributed by atoms with Gasteiger partial charge in [-0.15, -0.1) is 24.0 Å². The third-order valence-electron chi connectivity index (χ3n) is 4.19. The number of piperazine rings is 1. The van der Waals surface area contributed by atoms with Crippen molar-refractivity contribution >= 4 is 46.6 Å². The average Bonchev–Trinajstić information content (AvgIpc) is 3.25. The number of hydrogen-bond acceptors (Lipinski definition) is 6. The Labute approximate surface area is 169 Å². The van der Waals surface area contributed by atoms with E-state index in [2.05, 4.69) is 41.5 Å². The Morgan fingerprint density at radius 1 is 1.32 bits per heavy atom. The molecule has 138 valence electrons. The van der Waals surface area contributed by atoms with Crippen LogP contribution in [0.25, 0.3) is 0 Å². The van der Waals surface area contributed by atoms with Crippen molar-refractivity contribution in [2.75, 3.05) is 38.1 Å². The normalized spacial score (nSPS) is 15.2. The second-order valence-electron chi connectivity index (χ2n) is 5.67. The van der Waals surface area contributed by atoms with Crippen LogP contribution >= 0.6 is 35.5 Å². The van der Waals surface area contributed by atoms with Gasteiger partial charge in [0.1, 0.15) is 5.82 Å². The van der Waals surface area contributed by atoms with Crippen LogP contribution in [0.15, 0.2) is 17.3 Å². The summed E-state index contributed by atoms with van der Waals surface area (Å²) in [6, 6.07) is 2.01. The van der Waals surface area contributed by atoms with Gasteiger partial charge in [0.15, 0.2) is 5.96 Å². The number of hydrogen-bond donors (Lipinski definition) is 1. The summed E-state index contributed by atoms with van der Waals surface area (Å²) in [4.78, 5) is 13.6. The highest BCUT2D eigenvalue weighted by Crippen LogP contribution is 2.19. The summed E-state index contributed by atoms with van der Waals surface area (Å²) in [5.41, 5.74) is 1.13. The molecule has 2 aromatic heterocycles. The van der Waals surface area contributed by atoms with E-state index in [1.165, 1.54) is 11.5 Å². The highest BCUT2D eigenvalue weighted by Gasteiger charge is 2.22. The maximum Gasteiger partial charge on any atom is 0.205 e. The SMILES string of the molecule is CCc1nsc(N2CCN(C(=NC)NCc3ccnn3C)CC2)n1.I. The molecule has 0 spiro atoms. The van der Waals surface area contributed by atoms with Gasteiger partial charge in [-0.2, -0.15) is 9.47 Å². The van der Waals surface area contributed by atoms with Crippen molar-refractivity contribution in [2.24, 2.45) is 12.0 Å². The first-order valence-electron chi connectivity index (χ1n) is 8.21. The zero-order chi connectivity index (χ0) is 16.9.